The molecule has 0 unspecified atom stereocenters. The molecule has 0 aromatic heterocycles. The minimum absolute atomic E-state index is 0.116. The van der Waals surface area contributed by atoms with E-state index in [1.165, 1.54) is 12.1 Å². The molecule has 0 aliphatic heterocycles. The summed E-state index contributed by atoms with van der Waals surface area (Å²) in [6.07, 6.45) is 1.79. The van der Waals surface area contributed by atoms with Crippen molar-refractivity contribution in [2.24, 2.45) is 0 Å². The van der Waals surface area contributed by atoms with E-state index in [1.54, 1.807) is 0 Å². The van der Waals surface area contributed by atoms with Gasteiger partial charge >= 0.3 is 5.97 Å². The maximum Gasteiger partial charge on any atom is 0.335 e. The highest BCUT2D eigenvalue weighted by molar-refractivity contribution is 7.89. The Hall–Kier alpha value is -1.64. The second-order valence-electron chi connectivity index (χ2n) is 4.62. The molecule has 21 heavy (non-hydrogen) atoms. The van der Waals surface area contributed by atoms with Crippen molar-refractivity contribution in [3.8, 4) is 0 Å². The molecular weight excluding hydrogens is 320 g/mol. The Balaban J connectivity index is 2.12. The molecule has 1 aliphatic carbocycles. The average molecular weight is 333 g/mol. The first kappa shape index (κ1) is 15.7. The van der Waals surface area contributed by atoms with Crippen LogP contribution in [0.25, 0.3) is 0 Å². The summed E-state index contributed by atoms with van der Waals surface area (Å²) in [6.45, 7) is -0.424. The summed E-state index contributed by atoms with van der Waals surface area (Å²) < 4.78 is 26.2. The van der Waals surface area contributed by atoms with Gasteiger partial charge in [-0.25, -0.2) is 17.9 Å². The minimum Gasteiger partial charge on any atom is -0.478 e. The van der Waals surface area contributed by atoms with Gasteiger partial charge in [-0.2, -0.15) is 0 Å². The third-order valence-electron chi connectivity index (χ3n) is 2.83. The quantitative estimate of drug-likeness (QED) is 0.706. The number of sulfonamides is 1. The number of halogens is 1. The Morgan fingerprint density at radius 2 is 2.00 bits per heavy atom. The molecule has 0 atom stereocenters. The average Bonchev–Trinajstić information content (AvgIpc) is 3.20. The zero-order chi connectivity index (χ0) is 15.6. The van der Waals surface area contributed by atoms with Crippen molar-refractivity contribution in [2.45, 2.75) is 23.8 Å². The minimum atomic E-state index is -4.06. The van der Waals surface area contributed by atoms with E-state index in [1.807, 2.05) is 0 Å². The molecule has 1 aliphatic rings. The zero-order valence-electron chi connectivity index (χ0n) is 10.8. The summed E-state index contributed by atoms with van der Waals surface area (Å²) in [7, 11) is -4.06. The van der Waals surface area contributed by atoms with E-state index in [-0.39, 0.29) is 21.5 Å². The van der Waals surface area contributed by atoms with Crippen molar-refractivity contribution in [1.29, 1.82) is 0 Å². The number of amides is 1. The number of carbonyl (C=O) groups excluding carboxylic acids is 1. The highest BCUT2D eigenvalue weighted by atomic mass is 35.5. The number of hydrogen-bond donors (Lipinski definition) is 3. The summed E-state index contributed by atoms with van der Waals surface area (Å²) in [5.74, 6) is -1.71. The molecule has 114 valence electrons. The smallest absolute Gasteiger partial charge is 0.335 e. The number of hydrogen-bond acceptors (Lipinski definition) is 4. The first-order valence-electron chi connectivity index (χ1n) is 6.11. The van der Waals surface area contributed by atoms with Crippen molar-refractivity contribution >= 4 is 33.5 Å². The van der Waals surface area contributed by atoms with Gasteiger partial charge < -0.3 is 10.4 Å². The van der Waals surface area contributed by atoms with Crippen LogP contribution in [-0.2, 0) is 14.8 Å². The van der Waals surface area contributed by atoms with Gasteiger partial charge in [-0.05, 0) is 31.0 Å². The lowest BCUT2D eigenvalue weighted by Gasteiger charge is -2.09. The second kappa shape index (κ2) is 6.00. The fourth-order valence-corrected chi connectivity index (χ4v) is 3.09. The topological polar surface area (TPSA) is 113 Å². The van der Waals surface area contributed by atoms with Crippen molar-refractivity contribution in [1.82, 2.24) is 10.0 Å². The molecule has 1 fully saturated rings. The van der Waals surface area contributed by atoms with Gasteiger partial charge in [-0.3, -0.25) is 4.79 Å². The van der Waals surface area contributed by atoms with E-state index in [0.29, 0.717) is 0 Å². The fourth-order valence-electron chi connectivity index (χ4n) is 1.59. The number of benzene rings is 1. The SMILES string of the molecule is O=C(CNS(=O)(=O)c1cc(C(=O)O)ccc1Cl)NC1CC1. The van der Waals surface area contributed by atoms with Gasteiger partial charge in [0.2, 0.25) is 15.9 Å². The van der Waals surface area contributed by atoms with Crippen LogP contribution in [0.2, 0.25) is 5.02 Å². The molecule has 0 spiro atoms. The van der Waals surface area contributed by atoms with Gasteiger partial charge in [-0.15, -0.1) is 0 Å². The first-order chi connectivity index (χ1) is 9.79. The lowest BCUT2D eigenvalue weighted by atomic mass is 10.2. The molecular formula is C12H13ClN2O5S. The molecule has 0 heterocycles. The second-order valence-corrected chi connectivity index (χ2v) is 6.76. The Morgan fingerprint density at radius 1 is 1.33 bits per heavy atom. The van der Waals surface area contributed by atoms with Gasteiger partial charge in [-0.1, -0.05) is 11.6 Å². The normalized spacial score (nSPS) is 14.7. The Kier molecular flexibility index (Phi) is 4.50. The van der Waals surface area contributed by atoms with Crippen LogP contribution in [0.1, 0.15) is 23.2 Å². The van der Waals surface area contributed by atoms with Crippen LogP contribution in [0.15, 0.2) is 23.1 Å². The highest BCUT2D eigenvalue weighted by Gasteiger charge is 2.25. The molecule has 9 heteroatoms. The number of aromatic carboxylic acids is 1. The first-order valence-corrected chi connectivity index (χ1v) is 7.97. The predicted octanol–water partition coefficient (Wildman–Crippen LogP) is 0.595. The lowest BCUT2D eigenvalue weighted by Crippen LogP contribution is -2.37. The molecule has 7 nitrogen and oxygen atoms in total. The van der Waals surface area contributed by atoms with E-state index in [0.717, 1.165) is 18.9 Å². The van der Waals surface area contributed by atoms with Crippen LogP contribution in [0, 0.1) is 0 Å². The van der Waals surface area contributed by atoms with Gasteiger partial charge in [0.15, 0.2) is 0 Å². The number of rotatable bonds is 6. The van der Waals surface area contributed by atoms with Gasteiger partial charge in [0.1, 0.15) is 4.90 Å². The van der Waals surface area contributed by atoms with Gasteiger partial charge in [0.25, 0.3) is 0 Å². The molecule has 1 saturated carbocycles. The summed E-state index contributed by atoms with van der Waals surface area (Å²) in [6, 6.07) is 3.46. The van der Waals surface area contributed by atoms with Gasteiger partial charge in [0.05, 0.1) is 17.1 Å². The summed E-state index contributed by atoms with van der Waals surface area (Å²) in [4.78, 5) is 22.0. The molecule has 1 aromatic rings. The molecule has 3 N–H and O–H groups in total. The van der Waals surface area contributed by atoms with E-state index in [4.69, 9.17) is 16.7 Å². The van der Waals surface area contributed by atoms with Crippen LogP contribution in [0.4, 0.5) is 0 Å². The zero-order valence-corrected chi connectivity index (χ0v) is 12.4. The monoisotopic (exact) mass is 332 g/mol. The summed E-state index contributed by atoms with van der Waals surface area (Å²) >= 11 is 5.78. The van der Waals surface area contributed by atoms with Crippen molar-refractivity contribution in [3.05, 3.63) is 28.8 Å². The van der Waals surface area contributed by atoms with Crippen LogP contribution in [0.5, 0.6) is 0 Å². The van der Waals surface area contributed by atoms with Crippen molar-refractivity contribution in [3.63, 3.8) is 0 Å². The standard InChI is InChI=1S/C12H13ClN2O5S/c13-9-4-1-7(12(17)18)5-10(9)21(19,20)14-6-11(16)15-8-2-3-8/h1,4-5,8,14H,2-3,6H2,(H,15,16)(H,17,18). The highest BCUT2D eigenvalue weighted by Crippen LogP contribution is 2.22. The Morgan fingerprint density at radius 3 is 2.57 bits per heavy atom. The molecule has 0 radical (unpaired) electrons. The van der Waals surface area contributed by atoms with E-state index in [9.17, 15) is 18.0 Å². The molecule has 0 saturated heterocycles. The Labute approximate surface area is 126 Å². The van der Waals surface area contributed by atoms with Crippen LogP contribution in [0.3, 0.4) is 0 Å². The summed E-state index contributed by atoms with van der Waals surface area (Å²) in [5.41, 5.74) is -0.206. The van der Waals surface area contributed by atoms with E-state index >= 15 is 0 Å². The number of carboxylic acid groups (broad SMARTS) is 1. The maximum absolute atomic E-state index is 12.1. The molecule has 0 bridgehead atoms. The molecule has 2 rings (SSSR count). The third-order valence-corrected chi connectivity index (χ3v) is 4.72. The van der Waals surface area contributed by atoms with Crippen molar-refractivity contribution < 1.29 is 23.1 Å². The van der Waals surface area contributed by atoms with Crippen LogP contribution >= 0.6 is 11.6 Å². The van der Waals surface area contributed by atoms with Crippen molar-refractivity contribution in [2.75, 3.05) is 6.54 Å². The largest absolute Gasteiger partial charge is 0.478 e. The predicted molar refractivity (Wildman–Crippen MR) is 74.8 cm³/mol. The molecule has 1 aromatic carbocycles. The van der Waals surface area contributed by atoms with Crippen LogP contribution in [-0.4, -0.2) is 38.0 Å². The van der Waals surface area contributed by atoms with E-state index in [2.05, 4.69) is 10.0 Å². The maximum atomic E-state index is 12.1. The molecule has 1 amide bonds. The number of carbonyl (C=O) groups is 2. The van der Waals surface area contributed by atoms with Gasteiger partial charge in [0, 0.05) is 6.04 Å². The third kappa shape index (κ3) is 4.16. The lowest BCUT2D eigenvalue weighted by molar-refractivity contribution is -0.120. The van der Waals surface area contributed by atoms with Crippen LogP contribution < -0.4 is 10.0 Å². The summed E-state index contributed by atoms with van der Waals surface area (Å²) in [5, 5.41) is 11.4. The number of carboxylic acids is 1. The fraction of sp³-hybridized carbons (Fsp3) is 0.333. The van der Waals surface area contributed by atoms with E-state index < -0.39 is 28.4 Å². The number of nitrogens with one attached hydrogen (secondary N) is 2. The Bertz CT molecular complexity index is 685.